The monoisotopic (exact) mass is 362 g/mol. The summed E-state index contributed by atoms with van der Waals surface area (Å²) in [5, 5.41) is 3.23. The summed E-state index contributed by atoms with van der Waals surface area (Å²) in [5.41, 5.74) is 1.39. The Morgan fingerprint density at radius 3 is 2.65 bits per heavy atom. The maximum Gasteiger partial charge on any atom is 0.406 e. The van der Waals surface area contributed by atoms with Crippen LogP contribution in [0.4, 0.5) is 18.9 Å². The Hall–Kier alpha value is -1.73. The Labute approximate surface area is 142 Å². The zero-order valence-electron chi connectivity index (χ0n) is 12.2. The summed E-state index contributed by atoms with van der Waals surface area (Å²) in [7, 11) is 0. The lowest BCUT2D eigenvalue weighted by atomic mass is 10.2. The van der Waals surface area contributed by atoms with Crippen molar-refractivity contribution >= 4 is 34.6 Å². The predicted octanol–water partition coefficient (Wildman–Crippen LogP) is 5.00. The number of hydrogen-bond donors (Lipinski definition) is 1. The van der Waals surface area contributed by atoms with E-state index >= 15 is 0 Å². The SMILES string of the molecule is Cc1ccc(NC(=S)N(Cc2ccco2)CC(F)(F)F)cc1Cl. The minimum atomic E-state index is -4.39. The highest BCUT2D eigenvalue weighted by Crippen LogP contribution is 2.22. The highest BCUT2D eigenvalue weighted by molar-refractivity contribution is 7.80. The molecule has 0 aliphatic rings. The minimum absolute atomic E-state index is 0.0568. The summed E-state index contributed by atoms with van der Waals surface area (Å²) in [6.07, 6.45) is -2.99. The Kier molecular flexibility index (Phi) is 5.54. The number of aryl methyl sites for hydroxylation is 1. The van der Waals surface area contributed by atoms with Gasteiger partial charge in [0.15, 0.2) is 5.11 Å². The Morgan fingerprint density at radius 1 is 1.35 bits per heavy atom. The molecular weight excluding hydrogens is 349 g/mol. The van der Waals surface area contributed by atoms with E-state index in [1.807, 2.05) is 6.92 Å². The first-order valence-corrected chi connectivity index (χ1v) is 7.44. The summed E-state index contributed by atoms with van der Waals surface area (Å²) in [6.45, 7) is 0.564. The third-order valence-corrected chi connectivity index (χ3v) is 3.77. The van der Waals surface area contributed by atoms with Crippen molar-refractivity contribution in [3.63, 3.8) is 0 Å². The van der Waals surface area contributed by atoms with Gasteiger partial charge in [-0.3, -0.25) is 0 Å². The van der Waals surface area contributed by atoms with Gasteiger partial charge in [-0.05, 0) is 49.0 Å². The fourth-order valence-electron chi connectivity index (χ4n) is 1.88. The summed E-state index contributed by atoms with van der Waals surface area (Å²) in [5.74, 6) is 0.389. The zero-order valence-corrected chi connectivity index (χ0v) is 13.7. The van der Waals surface area contributed by atoms with Crippen molar-refractivity contribution in [1.82, 2.24) is 4.90 Å². The Bertz CT molecular complexity index is 674. The normalized spacial score (nSPS) is 11.3. The van der Waals surface area contributed by atoms with Gasteiger partial charge in [0.25, 0.3) is 0 Å². The summed E-state index contributed by atoms with van der Waals surface area (Å²) in [4.78, 5) is 0.988. The van der Waals surface area contributed by atoms with Gasteiger partial charge >= 0.3 is 6.18 Å². The first kappa shape index (κ1) is 17.6. The molecule has 23 heavy (non-hydrogen) atoms. The zero-order chi connectivity index (χ0) is 17.0. The average molecular weight is 363 g/mol. The second-order valence-electron chi connectivity index (χ2n) is 4.94. The van der Waals surface area contributed by atoms with Crippen molar-refractivity contribution in [2.45, 2.75) is 19.6 Å². The molecule has 0 aliphatic carbocycles. The third kappa shape index (κ3) is 5.44. The van der Waals surface area contributed by atoms with Gasteiger partial charge in [0.1, 0.15) is 12.3 Å². The molecule has 0 fully saturated rings. The van der Waals surface area contributed by atoms with E-state index in [4.69, 9.17) is 28.2 Å². The van der Waals surface area contributed by atoms with Crippen LogP contribution in [0.1, 0.15) is 11.3 Å². The molecular formula is C15H14ClF3N2OS. The van der Waals surface area contributed by atoms with E-state index in [2.05, 4.69) is 5.32 Å². The van der Waals surface area contributed by atoms with E-state index in [1.54, 1.807) is 30.3 Å². The third-order valence-electron chi connectivity index (χ3n) is 3.01. The standard InChI is InChI=1S/C15H14ClF3N2OS/c1-10-4-5-11(7-13(10)16)20-14(23)21(9-15(17,18)19)8-12-3-2-6-22-12/h2-7H,8-9H2,1H3,(H,20,23). The van der Waals surface area contributed by atoms with Crippen molar-refractivity contribution in [3.05, 3.63) is 52.9 Å². The van der Waals surface area contributed by atoms with E-state index in [-0.39, 0.29) is 11.7 Å². The molecule has 0 radical (unpaired) electrons. The number of furan rings is 1. The highest BCUT2D eigenvalue weighted by Gasteiger charge is 2.32. The van der Waals surface area contributed by atoms with Crippen LogP contribution in [0.25, 0.3) is 0 Å². The topological polar surface area (TPSA) is 28.4 Å². The molecule has 124 valence electrons. The van der Waals surface area contributed by atoms with E-state index in [1.165, 1.54) is 6.26 Å². The first-order valence-electron chi connectivity index (χ1n) is 6.66. The van der Waals surface area contributed by atoms with Crippen molar-refractivity contribution in [2.24, 2.45) is 0 Å². The second kappa shape index (κ2) is 7.23. The number of thiocarbonyl (C=S) groups is 1. The van der Waals surface area contributed by atoms with Crippen LogP contribution in [0.5, 0.6) is 0 Å². The number of nitrogens with zero attached hydrogens (tertiary/aromatic N) is 1. The fourth-order valence-corrected chi connectivity index (χ4v) is 2.31. The lowest BCUT2D eigenvalue weighted by Gasteiger charge is -2.26. The first-order chi connectivity index (χ1) is 10.7. The Balaban J connectivity index is 2.13. The van der Waals surface area contributed by atoms with Gasteiger partial charge in [0.05, 0.1) is 12.8 Å². The predicted molar refractivity (Wildman–Crippen MR) is 87.6 cm³/mol. The molecule has 0 saturated carbocycles. The molecule has 8 heteroatoms. The van der Waals surface area contributed by atoms with Crippen molar-refractivity contribution in [2.75, 3.05) is 11.9 Å². The molecule has 1 heterocycles. The molecule has 1 N–H and O–H groups in total. The van der Waals surface area contributed by atoms with Crippen LogP contribution in [0.15, 0.2) is 41.0 Å². The van der Waals surface area contributed by atoms with Crippen LogP contribution in [-0.2, 0) is 6.54 Å². The van der Waals surface area contributed by atoms with Crippen LogP contribution in [-0.4, -0.2) is 22.7 Å². The maximum atomic E-state index is 12.8. The number of alkyl halides is 3. The van der Waals surface area contributed by atoms with Crippen LogP contribution < -0.4 is 5.32 Å². The lowest BCUT2D eigenvalue weighted by molar-refractivity contribution is -0.138. The smallest absolute Gasteiger partial charge is 0.406 e. The van der Waals surface area contributed by atoms with Crippen LogP contribution >= 0.6 is 23.8 Å². The molecule has 0 saturated heterocycles. The molecule has 0 bridgehead atoms. The average Bonchev–Trinajstić information content (AvgIpc) is 2.93. The molecule has 0 aliphatic heterocycles. The van der Waals surface area contributed by atoms with Gasteiger partial charge in [0, 0.05) is 10.7 Å². The number of anilines is 1. The summed E-state index contributed by atoms with van der Waals surface area (Å²) in [6, 6.07) is 8.27. The van der Waals surface area contributed by atoms with E-state index < -0.39 is 12.7 Å². The van der Waals surface area contributed by atoms with Gasteiger partial charge in [-0.25, -0.2) is 0 Å². The molecule has 0 atom stereocenters. The van der Waals surface area contributed by atoms with E-state index in [0.29, 0.717) is 16.5 Å². The van der Waals surface area contributed by atoms with Gasteiger partial charge in [-0.15, -0.1) is 0 Å². The van der Waals surface area contributed by atoms with Crippen LogP contribution in [0, 0.1) is 6.92 Å². The highest BCUT2D eigenvalue weighted by atomic mass is 35.5. The number of halogens is 4. The van der Waals surface area contributed by atoms with Gasteiger partial charge in [0.2, 0.25) is 0 Å². The minimum Gasteiger partial charge on any atom is -0.467 e. The molecule has 2 aromatic rings. The van der Waals surface area contributed by atoms with Gasteiger partial charge < -0.3 is 14.6 Å². The van der Waals surface area contributed by atoms with Crippen molar-refractivity contribution < 1.29 is 17.6 Å². The summed E-state index contributed by atoms with van der Waals surface area (Å²) < 4.78 is 43.4. The lowest BCUT2D eigenvalue weighted by Crippen LogP contribution is -2.40. The summed E-state index contributed by atoms with van der Waals surface area (Å²) >= 11 is 11.1. The largest absolute Gasteiger partial charge is 0.467 e. The quantitative estimate of drug-likeness (QED) is 0.774. The van der Waals surface area contributed by atoms with E-state index in [0.717, 1.165) is 10.5 Å². The maximum absolute atomic E-state index is 12.8. The van der Waals surface area contributed by atoms with Crippen molar-refractivity contribution in [1.29, 1.82) is 0 Å². The number of nitrogens with one attached hydrogen (secondary N) is 1. The molecule has 3 nitrogen and oxygen atoms in total. The van der Waals surface area contributed by atoms with Gasteiger partial charge in [-0.2, -0.15) is 13.2 Å². The molecule has 1 aromatic heterocycles. The number of benzene rings is 1. The van der Waals surface area contributed by atoms with Gasteiger partial charge in [-0.1, -0.05) is 17.7 Å². The molecule has 0 spiro atoms. The van der Waals surface area contributed by atoms with Crippen LogP contribution in [0.2, 0.25) is 5.02 Å². The molecule has 2 rings (SSSR count). The van der Waals surface area contributed by atoms with E-state index in [9.17, 15) is 13.2 Å². The number of hydrogen-bond acceptors (Lipinski definition) is 2. The second-order valence-corrected chi connectivity index (χ2v) is 5.74. The molecule has 0 unspecified atom stereocenters. The fraction of sp³-hybridized carbons (Fsp3) is 0.267. The number of rotatable bonds is 4. The Morgan fingerprint density at radius 2 is 2.09 bits per heavy atom. The van der Waals surface area contributed by atoms with Crippen LogP contribution in [0.3, 0.4) is 0 Å². The molecule has 1 aromatic carbocycles. The molecule has 0 amide bonds. The van der Waals surface area contributed by atoms with Crippen molar-refractivity contribution in [3.8, 4) is 0 Å².